The molecule has 0 bridgehead atoms. The minimum atomic E-state index is -0.160. The molecule has 28 heavy (non-hydrogen) atoms. The number of nitrogens with zero attached hydrogens (tertiary/aromatic N) is 4. The lowest BCUT2D eigenvalue weighted by Crippen LogP contribution is -2.37. The van der Waals surface area contributed by atoms with Crippen LogP contribution in [0.5, 0.6) is 0 Å². The molecular weight excluding hydrogens is 360 g/mol. The minimum absolute atomic E-state index is 0.117. The first kappa shape index (κ1) is 18.1. The van der Waals surface area contributed by atoms with E-state index in [1.54, 1.807) is 13.2 Å². The Labute approximate surface area is 161 Å². The maximum atomic E-state index is 11.9. The largest absolute Gasteiger partial charge is 0.466 e. The number of esters is 1. The van der Waals surface area contributed by atoms with Gasteiger partial charge in [0, 0.05) is 24.0 Å². The number of carbonyl (C=O) groups is 1. The van der Waals surface area contributed by atoms with Gasteiger partial charge in [-0.2, -0.15) is 0 Å². The second-order valence-electron chi connectivity index (χ2n) is 6.67. The van der Waals surface area contributed by atoms with Crippen molar-refractivity contribution in [3.05, 3.63) is 41.8 Å². The fraction of sp³-hybridized carbons (Fsp3) is 0.350. The number of fused-ring (bicyclic) bond motifs is 1. The fourth-order valence-corrected chi connectivity index (χ4v) is 3.60. The number of anilines is 1. The number of benzene rings is 1. The van der Waals surface area contributed by atoms with Gasteiger partial charge >= 0.3 is 5.97 Å². The van der Waals surface area contributed by atoms with E-state index < -0.39 is 0 Å². The lowest BCUT2D eigenvalue weighted by atomic mass is 9.97. The number of aromatic nitrogens is 2. The summed E-state index contributed by atoms with van der Waals surface area (Å²) >= 11 is 0. The molecule has 3 heterocycles. The van der Waals surface area contributed by atoms with Gasteiger partial charge in [-0.25, -0.2) is 9.97 Å². The van der Waals surface area contributed by atoms with E-state index in [-0.39, 0.29) is 17.6 Å². The summed E-state index contributed by atoms with van der Waals surface area (Å²) in [5, 5.41) is 4.16. The van der Waals surface area contributed by atoms with E-state index in [2.05, 4.69) is 15.1 Å². The first-order chi connectivity index (χ1) is 13.7. The van der Waals surface area contributed by atoms with Gasteiger partial charge in [-0.1, -0.05) is 0 Å². The predicted octanol–water partition coefficient (Wildman–Crippen LogP) is 4.07. The van der Waals surface area contributed by atoms with E-state index in [1.807, 2.05) is 29.2 Å². The summed E-state index contributed by atoms with van der Waals surface area (Å²) in [4.78, 5) is 34.2. The number of furan rings is 1. The SMILES string of the molecule is CCOC(=O)C1CCN(c2ncnc(-c3ccc4occc4c3)c2N=O)CC1. The van der Waals surface area contributed by atoms with E-state index >= 15 is 0 Å². The van der Waals surface area contributed by atoms with E-state index in [1.165, 1.54) is 6.33 Å². The van der Waals surface area contributed by atoms with Gasteiger partial charge in [0.2, 0.25) is 0 Å². The summed E-state index contributed by atoms with van der Waals surface area (Å²) in [5.41, 5.74) is 2.23. The summed E-state index contributed by atoms with van der Waals surface area (Å²) < 4.78 is 10.5. The molecule has 1 aliphatic heterocycles. The molecule has 3 aromatic rings. The number of hydrogen-bond donors (Lipinski definition) is 0. The molecule has 1 aliphatic rings. The lowest BCUT2D eigenvalue weighted by Gasteiger charge is -2.32. The highest BCUT2D eigenvalue weighted by molar-refractivity contribution is 5.87. The molecule has 0 N–H and O–H groups in total. The summed E-state index contributed by atoms with van der Waals surface area (Å²) in [5.74, 6) is 0.218. The van der Waals surface area contributed by atoms with Crippen molar-refractivity contribution in [2.24, 2.45) is 11.1 Å². The highest BCUT2D eigenvalue weighted by Crippen LogP contribution is 2.37. The van der Waals surface area contributed by atoms with Crippen LogP contribution in [0.2, 0.25) is 0 Å². The second kappa shape index (κ2) is 7.75. The standard InChI is InChI=1S/C20H20N4O4/c1-2-27-20(25)13-5-8-24(9-6-13)19-18(23-26)17(21-12-22-19)15-3-4-16-14(11-15)7-10-28-16/h3-4,7,10-13H,2,5-6,8-9H2,1H3. The number of rotatable bonds is 5. The van der Waals surface area contributed by atoms with Gasteiger partial charge in [0.05, 0.1) is 18.8 Å². The number of nitroso groups, excluding NO2 is 1. The summed E-state index contributed by atoms with van der Waals surface area (Å²) in [7, 11) is 0. The molecule has 1 saturated heterocycles. The van der Waals surface area contributed by atoms with E-state index in [4.69, 9.17) is 9.15 Å². The van der Waals surface area contributed by atoms with Crippen molar-refractivity contribution in [1.82, 2.24) is 9.97 Å². The van der Waals surface area contributed by atoms with Crippen molar-refractivity contribution in [3.63, 3.8) is 0 Å². The van der Waals surface area contributed by atoms with Crippen LogP contribution in [-0.4, -0.2) is 35.6 Å². The Morgan fingerprint density at radius 3 is 2.86 bits per heavy atom. The van der Waals surface area contributed by atoms with Gasteiger partial charge in [0.25, 0.3) is 0 Å². The molecule has 8 heteroatoms. The molecule has 0 radical (unpaired) electrons. The molecule has 1 fully saturated rings. The van der Waals surface area contributed by atoms with Gasteiger partial charge in [0.15, 0.2) is 11.5 Å². The molecule has 0 aliphatic carbocycles. The normalized spacial score (nSPS) is 15.0. The zero-order valence-corrected chi connectivity index (χ0v) is 15.5. The molecule has 2 aromatic heterocycles. The Morgan fingerprint density at radius 2 is 2.11 bits per heavy atom. The third-order valence-corrected chi connectivity index (χ3v) is 5.03. The number of ether oxygens (including phenoxy) is 1. The second-order valence-corrected chi connectivity index (χ2v) is 6.67. The quantitative estimate of drug-likeness (QED) is 0.486. The van der Waals surface area contributed by atoms with Crippen molar-refractivity contribution in [2.75, 3.05) is 24.6 Å². The average molecular weight is 380 g/mol. The smallest absolute Gasteiger partial charge is 0.309 e. The molecule has 4 rings (SSSR count). The fourth-order valence-electron chi connectivity index (χ4n) is 3.60. The van der Waals surface area contributed by atoms with Crippen molar-refractivity contribution in [3.8, 4) is 11.3 Å². The maximum absolute atomic E-state index is 11.9. The first-order valence-corrected chi connectivity index (χ1v) is 9.28. The molecule has 1 aromatic carbocycles. The third kappa shape index (κ3) is 3.33. The topological polar surface area (TPSA) is 97.9 Å². The number of piperidine rings is 1. The van der Waals surface area contributed by atoms with Crippen LogP contribution in [0.1, 0.15) is 19.8 Å². The van der Waals surface area contributed by atoms with Gasteiger partial charge in [-0.05, 0) is 49.2 Å². The number of carbonyl (C=O) groups excluding carboxylic acids is 1. The number of hydrogen-bond acceptors (Lipinski definition) is 8. The highest BCUT2D eigenvalue weighted by Gasteiger charge is 2.29. The van der Waals surface area contributed by atoms with Crippen LogP contribution in [0.3, 0.4) is 0 Å². The minimum Gasteiger partial charge on any atom is -0.466 e. The van der Waals surface area contributed by atoms with Crippen molar-refractivity contribution in [2.45, 2.75) is 19.8 Å². The monoisotopic (exact) mass is 380 g/mol. The van der Waals surface area contributed by atoms with Crippen LogP contribution in [0.4, 0.5) is 11.5 Å². The van der Waals surface area contributed by atoms with E-state index in [9.17, 15) is 9.70 Å². The van der Waals surface area contributed by atoms with E-state index in [0.29, 0.717) is 44.0 Å². The molecule has 0 saturated carbocycles. The van der Waals surface area contributed by atoms with Gasteiger partial charge in [0.1, 0.15) is 17.6 Å². The van der Waals surface area contributed by atoms with Gasteiger partial charge in [-0.3, -0.25) is 4.79 Å². The molecule has 144 valence electrons. The van der Waals surface area contributed by atoms with Crippen molar-refractivity contribution >= 4 is 28.4 Å². The predicted molar refractivity (Wildman–Crippen MR) is 104 cm³/mol. The lowest BCUT2D eigenvalue weighted by molar-refractivity contribution is -0.148. The van der Waals surface area contributed by atoms with E-state index in [0.717, 1.165) is 16.5 Å². The third-order valence-electron chi connectivity index (χ3n) is 5.03. The summed E-state index contributed by atoms with van der Waals surface area (Å²) in [6.07, 6.45) is 4.36. The molecule has 0 unspecified atom stereocenters. The molecule has 0 spiro atoms. The van der Waals surface area contributed by atoms with Crippen molar-refractivity contribution in [1.29, 1.82) is 0 Å². The zero-order valence-electron chi connectivity index (χ0n) is 15.5. The van der Waals surface area contributed by atoms with Gasteiger partial charge < -0.3 is 14.1 Å². The van der Waals surface area contributed by atoms with Crippen LogP contribution in [0, 0.1) is 10.8 Å². The molecule has 0 atom stereocenters. The van der Waals surface area contributed by atoms with Crippen LogP contribution >= 0.6 is 0 Å². The summed E-state index contributed by atoms with van der Waals surface area (Å²) in [6, 6.07) is 7.45. The van der Waals surface area contributed by atoms with Crippen molar-refractivity contribution < 1.29 is 13.9 Å². The maximum Gasteiger partial charge on any atom is 0.309 e. The Bertz CT molecular complexity index is 1010. The molecule has 0 amide bonds. The van der Waals surface area contributed by atoms with Gasteiger partial charge in [-0.15, -0.1) is 4.91 Å². The van der Waals surface area contributed by atoms with Crippen LogP contribution < -0.4 is 4.90 Å². The summed E-state index contributed by atoms with van der Waals surface area (Å²) in [6.45, 7) is 3.39. The molecule has 8 nitrogen and oxygen atoms in total. The van der Waals surface area contributed by atoms with Crippen LogP contribution in [-0.2, 0) is 9.53 Å². The van der Waals surface area contributed by atoms with Crippen LogP contribution in [0.25, 0.3) is 22.2 Å². The Kier molecular flexibility index (Phi) is 5.01. The Hall–Kier alpha value is -3.29. The Balaban J connectivity index is 1.61. The molecular formula is C20H20N4O4. The highest BCUT2D eigenvalue weighted by atomic mass is 16.5. The van der Waals surface area contributed by atoms with Crippen LogP contribution in [0.15, 0.2) is 46.4 Å². The Morgan fingerprint density at radius 1 is 1.29 bits per heavy atom. The first-order valence-electron chi connectivity index (χ1n) is 9.28. The zero-order chi connectivity index (χ0) is 19.5. The average Bonchev–Trinajstić information content (AvgIpc) is 3.21.